The number of benzene rings is 20. The van der Waals surface area contributed by atoms with E-state index in [2.05, 4.69) is 417 Å². The SMILES string of the molecule is CC(C)=C1c2cc(C)ccc2N(c2c(C)ccc3ccccc23)c2ccc(C)cc21.Cc1ccc2c(c1)S(=O)(=O)c1cc(C)ccc1N2c1c(C)ccc2ccccc12.Cc1ccc2c(c1)S(=O)c1cc(C)ccc1N2c1c(C)ccc2ccccc12.Cc1ccc2c(c1)Sc1cc(C)ccc1N2c1c(C)ccc2ccccc12.Cc1ccc2c(c1)c(=O)c1cc(C)ccc1n2-c1c(C)ccc2ccccc12. The fourth-order valence-corrected chi connectivity index (χ4v) is 25.8. The number of aromatic nitrogens is 1. The molecule has 21 aromatic rings. The van der Waals surface area contributed by atoms with Gasteiger partial charge in [0.2, 0.25) is 9.84 Å². The first-order chi connectivity index (χ1) is 68.5. The molecule has 142 heavy (non-hydrogen) atoms. The predicted molar refractivity (Wildman–Crippen MR) is 602 cm³/mol. The van der Waals surface area contributed by atoms with E-state index in [1.54, 1.807) is 12.1 Å². The monoisotopic (exact) mass is 1900 g/mol. The molecular weight excluding hydrogens is 1790 g/mol. The summed E-state index contributed by atoms with van der Waals surface area (Å²) in [5, 5.41) is 13.7. The molecule has 4 aliphatic heterocycles. The summed E-state index contributed by atoms with van der Waals surface area (Å²) < 4.78 is 42.7. The Hall–Kier alpha value is -15.4. The number of allylic oxidation sites excluding steroid dienone is 1. The number of nitrogens with zero attached hydrogens (tertiary/aromatic N) is 5. The molecule has 698 valence electrons. The van der Waals surface area contributed by atoms with Gasteiger partial charge in [-0.15, -0.1) is 0 Å². The number of fused-ring (bicyclic) bond motifs is 15. The molecule has 0 spiro atoms. The maximum absolute atomic E-state index is 13.5. The molecule has 20 aromatic carbocycles. The fourth-order valence-electron chi connectivity index (χ4n) is 21.2. The van der Waals surface area contributed by atoms with E-state index in [9.17, 15) is 17.4 Å². The number of hydrogen-bond acceptors (Lipinski definition) is 9. The van der Waals surface area contributed by atoms with Gasteiger partial charge in [0.15, 0.2) is 5.43 Å². The van der Waals surface area contributed by atoms with Crippen molar-refractivity contribution in [3.63, 3.8) is 0 Å². The Morgan fingerprint density at radius 3 is 0.866 bits per heavy atom. The first-order valence-corrected chi connectivity index (χ1v) is 52.1. The van der Waals surface area contributed by atoms with Crippen LogP contribution in [0.2, 0.25) is 0 Å². The van der Waals surface area contributed by atoms with Gasteiger partial charge in [-0.1, -0.05) is 282 Å². The van der Waals surface area contributed by atoms with Crippen molar-refractivity contribution >= 4 is 182 Å². The molecule has 0 aliphatic carbocycles. The molecule has 25 rings (SSSR count). The first kappa shape index (κ1) is 92.9. The molecule has 12 heteroatoms. The maximum Gasteiger partial charge on any atom is 0.210 e. The molecule has 0 saturated heterocycles. The quantitative estimate of drug-likeness (QED) is 0.156. The van der Waals surface area contributed by atoms with Crippen LogP contribution in [-0.2, 0) is 20.6 Å². The molecule has 9 nitrogen and oxygen atoms in total. The molecule has 1 aromatic heterocycles. The Bertz CT molecular complexity index is 8810. The Morgan fingerprint density at radius 1 is 0.254 bits per heavy atom. The molecule has 0 fully saturated rings. The van der Waals surface area contributed by atoms with Gasteiger partial charge in [-0.2, -0.15) is 0 Å². The van der Waals surface area contributed by atoms with Crippen molar-refractivity contribution in [1.82, 2.24) is 4.57 Å². The third kappa shape index (κ3) is 16.6. The largest absolute Gasteiger partial charge is 0.308 e. The van der Waals surface area contributed by atoms with Gasteiger partial charge in [0.25, 0.3) is 0 Å². The summed E-state index contributed by atoms with van der Waals surface area (Å²) >= 11 is 1.88. The van der Waals surface area contributed by atoms with Gasteiger partial charge in [-0.05, 0) is 333 Å². The smallest absolute Gasteiger partial charge is 0.210 e. The Kier molecular flexibility index (Phi) is 24.4. The highest BCUT2D eigenvalue weighted by atomic mass is 32.2. The molecular formula is C130H111N5O4S3. The van der Waals surface area contributed by atoms with Gasteiger partial charge < -0.3 is 24.2 Å². The van der Waals surface area contributed by atoms with E-state index in [4.69, 9.17) is 0 Å². The van der Waals surface area contributed by atoms with Crippen LogP contribution in [0.5, 0.6) is 0 Å². The summed E-state index contributed by atoms with van der Waals surface area (Å²) in [5.74, 6) is 0. The molecule has 5 heterocycles. The highest BCUT2D eigenvalue weighted by Crippen LogP contribution is 2.58. The second-order valence-corrected chi connectivity index (χ2v) is 43.3. The lowest BCUT2D eigenvalue weighted by atomic mass is 9.85. The normalized spacial score (nSPS) is 13.0. The molecule has 0 amide bonds. The molecule has 0 bridgehead atoms. The van der Waals surface area contributed by atoms with Crippen molar-refractivity contribution in [2.75, 3.05) is 19.6 Å². The van der Waals surface area contributed by atoms with E-state index in [-0.39, 0.29) is 5.43 Å². The van der Waals surface area contributed by atoms with Crippen LogP contribution in [0, 0.1) is 104 Å². The van der Waals surface area contributed by atoms with E-state index >= 15 is 0 Å². The van der Waals surface area contributed by atoms with Gasteiger partial charge in [0.05, 0.1) is 115 Å². The van der Waals surface area contributed by atoms with Gasteiger partial charge in [0.1, 0.15) is 0 Å². The second kappa shape index (κ2) is 37.3. The van der Waals surface area contributed by atoms with Crippen LogP contribution in [0.4, 0.5) is 68.2 Å². The number of aryl methyl sites for hydroxylation is 15. The highest BCUT2D eigenvalue weighted by Gasteiger charge is 2.39. The van der Waals surface area contributed by atoms with Gasteiger partial charge in [-0.3, -0.25) is 4.79 Å². The topological polar surface area (TPSA) is 86.2 Å². The molecule has 0 atom stereocenters. The standard InChI is InChI=1S/C29H27N.C26H21NO.C25H21NO2S.C25H21NOS.C25H21NS/c1-18(2)28-24-16-19(3)10-14-26(24)30(27-15-11-20(4)17-25(27)28)29-21(5)12-13-22-8-6-7-9-23(22)29;1-16-8-12-23-21(14-16)26(28)22-15-17(2)9-13-24(22)27(23)25-18(3)10-11-19-6-4-5-7-20(19)25;1-16-8-12-21-23(14-16)29(27,28)24-15-17(2)9-13-22(24)26(21)25-18(3)10-11-19-6-4-5-7-20(19)25;1-16-8-12-21-23(14-16)28(27)24-15-17(2)9-13-22(24)26(21)25-18(3)10-11-19-6-4-5-7-20(19)25;1-16-8-12-21-23(14-16)27-24-15-17(2)9-13-22(24)26(21)25-18(3)10-11-19-6-4-5-7-20(19)25/h6-17H,1-5H3;4-15H,1-3H3;4-15H,1-3H3;4-15H,1-3H3;4-15H,1-3H3. The van der Waals surface area contributed by atoms with Crippen molar-refractivity contribution in [2.45, 2.75) is 147 Å². The number of pyridine rings is 1. The third-order valence-electron chi connectivity index (χ3n) is 28.1. The van der Waals surface area contributed by atoms with Gasteiger partial charge >= 0.3 is 0 Å². The average Bonchev–Trinajstić information content (AvgIpc) is 0.708. The summed E-state index contributed by atoms with van der Waals surface area (Å²) in [5.41, 5.74) is 39.2. The minimum Gasteiger partial charge on any atom is -0.308 e. The Labute approximate surface area is 839 Å². The molecule has 0 saturated carbocycles. The zero-order valence-corrected chi connectivity index (χ0v) is 85.7. The first-order valence-electron chi connectivity index (χ1n) is 48.6. The summed E-state index contributed by atoms with van der Waals surface area (Å²) in [6.07, 6.45) is 0. The zero-order chi connectivity index (χ0) is 98.7. The van der Waals surface area contributed by atoms with Crippen LogP contribution in [0.15, 0.2) is 404 Å². The molecule has 0 unspecified atom stereocenters. The Balaban J connectivity index is 0.000000105. The average molecular weight is 1900 g/mol. The Morgan fingerprint density at radius 2 is 0.514 bits per heavy atom. The van der Waals surface area contributed by atoms with Crippen molar-refractivity contribution < 1.29 is 12.6 Å². The number of hydrogen-bond donors (Lipinski definition) is 0. The number of anilines is 12. The van der Waals surface area contributed by atoms with Crippen molar-refractivity contribution in [3.8, 4) is 5.69 Å². The summed E-state index contributed by atoms with van der Waals surface area (Å²) in [7, 11) is -4.78. The van der Waals surface area contributed by atoms with E-state index in [1.807, 2.05) is 88.0 Å². The van der Waals surface area contributed by atoms with Gasteiger partial charge in [0, 0.05) is 58.6 Å². The van der Waals surface area contributed by atoms with Crippen molar-refractivity contribution in [2.24, 2.45) is 0 Å². The van der Waals surface area contributed by atoms with E-state index in [1.165, 1.54) is 154 Å². The van der Waals surface area contributed by atoms with Gasteiger partial charge in [-0.25, -0.2) is 12.6 Å². The fraction of sp³-hybridized carbons (Fsp3) is 0.131. The predicted octanol–water partition coefficient (Wildman–Crippen LogP) is 35.4. The highest BCUT2D eigenvalue weighted by molar-refractivity contribution is 7.99. The molecule has 0 N–H and O–H groups in total. The van der Waals surface area contributed by atoms with Crippen molar-refractivity contribution in [1.29, 1.82) is 0 Å². The second-order valence-electron chi connectivity index (χ2n) is 38.9. The molecule has 0 radical (unpaired) electrons. The van der Waals surface area contributed by atoms with Crippen LogP contribution < -0.4 is 25.0 Å². The van der Waals surface area contributed by atoms with Crippen LogP contribution >= 0.6 is 11.8 Å². The zero-order valence-electron chi connectivity index (χ0n) is 83.2. The maximum atomic E-state index is 13.5. The lowest BCUT2D eigenvalue weighted by molar-refractivity contribution is 0.594. The van der Waals surface area contributed by atoms with E-state index in [0.29, 0.717) is 21.2 Å². The minimum atomic E-state index is -3.60. The minimum absolute atomic E-state index is 0.103. The lowest BCUT2D eigenvalue weighted by Crippen LogP contribution is -2.23. The number of sulfone groups is 1. The summed E-state index contributed by atoms with van der Waals surface area (Å²) in [4.78, 5) is 27.8. The lowest BCUT2D eigenvalue weighted by Gasteiger charge is -2.37. The van der Waals surface area contributed by atoms with Crippen LogP contribution in [0.1, 0.15) is 108 Å². The van der Waals surface area contributed by atoms with E-state index < -0.39 is 20.6 Å². The third-order valence-corrected chi connectivity index (χ3v) is 32.4. The molecule has 4 aliphatic rings. The van der Waals surface area contributed by atoms with Crippen LogP contribution in [0.3, 0.4) is 0 Å². The van der Waals surface area contributed by atoms with Crippen LogP contribution in [0.25, 0.3) is 86.9 Å². The van der Waals surface area contributed by atoms with Crippen molar-refractivity contribution in [3.05, 3.63) is 474 Å². The summed E-state index contributed by atoms with van der Waals surface area (Å²) in [6.45, 7) is 36.0. The summed E-state index contributed by atoms with van der Waals surface area (Å²) in [6, 6.07) is 128. The van der Waals surface area contributed by atoms with E-state index in [0.717, 1.165) is 110 Å². The van der Waals surface area contributed by atoms with Crippen LogP contribution in [-0.4, -0.2) is 17.2 Å². The number of rotatable bonds is 5.